The van der Waals surface area contributed by atoms with Gasteiger partial charge in [0.1, 0.15) is 17.4 Å². The largest absolute Gasteiger partial charge is 0.450 e. The van der Waals surface area contributed by atoms with Crippen LogP contribution in [-0.4, -0.2) is 25.2 Å². The lowest BCUT2D eigenvalue weighted by Gasteiger charge is -2.09. The van der Waals surface area contributed by atoms with E-state index < -0.39 is 5.91 Å². The van der Waals surface area contributed by atoms with Crippen LogP contribution in [0.5, 0.6) is 0 Å². The molecule has 6 heteroatoms. The predicted octanol–water partition coefficient (Wildman–Crippen LogP) is 2.24. The van der Waals surface area contributed by atoms with Crippen molar-refractivity contribution in [1.29, 1.82) is 5.26 Å². The van der Waals surface area contributed by atoms with Crippen LogP contribution >= 0.6 is 15.9 Å². The van der Waals surface area contributed by atoms with Gasteiger partial charge in [0.25, 0.3) is 5.91 Å². The van der Waals surface area contributed by atoms with Crippen molar-refractivity contribution < 1.29 is 13.9 Å². The number of nitriles is 1. The molecule has 19 heavy (non-hydrogen) atoms. The van der Waals surface area contributed by atoms with Crippen LogP contribution in [-0.2, 0) is 9.53 Å². The molecule has 0 unspecified atom stereocenters. The van der Waals surface area contributed by atoms with Crippen LogP contribution in [0.25, 0.3) is 6.08 Å². The van der Waals surface area contributed by atoms with Gasteiger partial charge in [-0.1, -0.05) is 0 Å². The third kappa shape index (κ3) is 3.94. The second-order valence-corrected chi connectivity index (χ2v) is 4.94. The number of ether oxygens (including phenoxy) is 1. The summed E-state index contributed by atoms with van der Waals surface area (Å²) in [5.74, 6) is 0.0428. The third-order valence-electron chi connectivity index (χ3n) is 2.76. The van der Waals surface area contributed by atoms with Crippen LogP contribution < -0.4 is 5.32 Å². The molecule has 1 fully saturated rings. The molecule has 1 aromatic rings. The molecule has 2 heterocycles. The predicted molar refractivity (Wildman–Crippen MR) is 72.0 cm³/mol. The smallest absolute Gasteiger partial charge is 0.262 e. The molecule has 1 atom stereocenters. The minimum Gasteiger partial charge on any atom is -0.450 e. The molecule has 1 aliphatic heterocycles. The topological polar surface area (TPSA) is 75.3 Å². The maximum Gasteiger partial charge on any atom is 0.262 e. The number of hydrogen-bond acceptors (Lipinski definition) is 4. The Kier molecular flexibility index (Phi) is 4.77. The van der Waals surface area contributed by atoms with Gasteiger partial charge in [0.05, 0.1) is 6.10 Å². The number of carbonyl (C=O) groups excluding carboxylic acids is 1. The first kappa shape index (κ1) is 13.8. The Labute approximate surface area is 119 Å². The van der Waals surface area contributed by atoms with E-state index in [1.165, 1.54) is 6.08 Å². The van der Waals surface area contributed by atoms with E-state index in [0.29, 0.717) is 17.0 Å². The summed E-state index contributed by atoms with van der Waals surface area (Å²) in [6.07, 6.45) is 3.43. The van der Waals surface area contributed by atoms with Crippen LogP contribution in [0.1, 0.15) is 18.6 Å². The molecule has 1 amide bonds. The third-order valence-corrected chi connectivity index (χ3v) is 3.19. The van der Waals surface area contributed by atoms with Crippen molar-refractivity contribution in [2.75, 3.05) is 13.2 Å². The fraction of sp³-hybridized carbons (Fsp3) is 0.385. The normalized spacial score (nSPS) is 19.2. The maximum absolute atomic E-state index is 11.8. The molecule has 0 aromatic carbocycles. The average molecular weight is 325 g/mol. The highest BCUT2D eigenvalue weighted by atomic mass is 79.9. The highest BCUT2D eigenvalue weighted by Crippen LogP contribution is 2.16. The monoisotopic (exact) mass is 324 g/mol. The number of hydrogen-bond donors (Lipinski definition) is 1. The first-order chi connectivity index (χ1) is 9.19. The molecule has 2 rings (SSSR count). The zero-order valence-corrected chi connectivity index (χ0v) is 11.8. The highest BCUT2D eigenvalue weighted by molar-refractivity contribution is 9.10. The van der Waals surface area contributed by atoms with Crippen molar-refractivity contribution in [2.45, 2.75) is 18.9 Å². The van der Waals surface area contributed by atoms with Gasteiger partial charge >= 0.3 is 0 Å². The van der Waals surface area contributed by atoms with Crippen LogP contribution in [0.2, 0.25) is 0 Å². The molecule has 5 nitrogen and oxygen atoms in total. The first-order valence-corrected chi connectivity index (χ1v) is 6.75. The van der Waals surface area contributed by atoms with Crippen LogP contribution in [0.3, 0.4) is 0 Å². The lowest BCUT2D eigenvalue weighted by molar-refractivity contribution is -0.117. The molecular weight excluding hydrogens is 312 g/mol. The Balaban J connectivity index is 1.95. The number of nitrogens with zero attached hydrogens (tertiary/aromatic N) is 1. The molecule has 1 aliphatic rings. The van der Waals surface area contributed by atoms with E-state index in [4.69, 9.17) is 14.4 Å². The Morgan fingerprint density at radius 2 is 2.47 bits per heavy atom. The van der Waals surface area contributed by atoms with Gasteiger partial charge in [0, 0.05) is 19.2 Å². The number of amides is 1. The number of furan rings is 1. The molecule has 0 aliphatic carbocycles. The Bertz CT molecular complexity index is 524. The van der Waals surface area contributed by atoms with E-state index in [2.05, 4.69) is 21.2 Å². The fourth-order valence-electron chi connectivity index (χ4n) is 1.80. The van der Waals surface area contributed by atoms with Crippen molar-refractivity contribution >= 4 is 27.9 Å². The van der Waals surface area contributed by atoms with Crippen molar-refractivity contribution in [3.63, 3.8) is 0 Å². The summed E-state index contributed by atoms with van der Waals surface area (Å²) in [6.45, 7) is 1.17. The Morgan fingerprint density at radius 1 is 1.63 bits per heavy atom. The molecule has 1 N–H and O–H groups in total. The quantitative estimate of drug-likeness (QED) is 0.680. The summed E-state index contributed by atoms with van der Waals surface area (Å²) in [4.78, 5) is 11.8. The van der Waals surface area contributed by atoms with Gasteiger partial charge in [0.15, 0.2) is 4.67 Å². The Hall–Kier alpha value is -1.58. The molecule has 1 saturated heterocycles. The van der Waals surface area contributed by atoms with Gasteiger partial charge in [-0.05, 0) is 40.9 Å². The minimum absolute atomic E-state index is 0.0137. The fourth-order valence-corrected chi connectivity index (χ4v) is 2.12. The summed E-state index contributed by atoms with van der Waals surface area (Å²) >= 11 is 3.16. The summed E-state index contributed by atoms with van der Waals surface area (Å²) in [5, 5.41) is 11.7. The van der Waals surface area contributed by atoms with Crippen molar-refractivity contribution in [1.82, 2.24) is 5.32 Å². The number of carbonyl (C=O) groups is 1. The first-order valence-electron chi connectivity index (χ1n) is 5.96. The molecule has 100 valence electrons. The summed E-state index contributed by atoms with van der Waals surface area (Å²) < 4.78 is 11.2. The van der Waals surface area contributed by atoms with Gasteiger partial charge < -0.3 is 14.5 Å². The molecule has 0 saturated carbocycles. The second kappa shape index (κ2) is 6.55. The molecule has 0 radical (unpaired) electrons. The van der Waals surface area contributed by atoms with E-state index in [0.717, 1.165) is 19.4 Å². The Morgan fingerprint density at radius 3 is 3.05 bits per heavy atom. The lowest BCUT2D eigenvalue weighted by Crippen LogP contribution is -2.32. The summed E-state index contributed by atoms with van der Waals surface area (Å²) in [7, 11) is 0. The van der Waals surface area contributed by atoms with Crippen molar-refractivity contribution in [3.05, 3.63) is 28.1 Å². The van der Waals surface area contributed by atoms with Gasteiger partial charge in [-0.3, -0.25) is 4.79 Å². The minimum atomic E-state index is -0.412. The maximum atomic E-state index is 11.8. The molecule has 1 aromatic heterocycles. The zero-order valence-electron chi connectivity index (χ0n) is 10.2. The van der Waals surface area contributed by atoms with E-state index in [1.54, 1.807) is 12.1 Å². The van der Waals surface area contributed by atoms with E-state index in [1.807, 2.05) is 6.07 Å². The van der Waals surface area contributed by atoms with Crippen LogP contribution in [0.4, 0.5) is 0 Å². The number of halogens is 1. The van der Waals surface area contributed by atoms with Crippen molar-refractivity contribution in [3.8, 4) is 6.07 Å². The summed E-state index contributed by atoms with van der Waals surface area (Å²) in [6, 6.07) is 5.24. The summed E-state index contributed by atoms with van der Waals surface area (Å²) in [5.41, 5.74) is 0.0137. The molecular formula is C13H13BrN2O3. The van der Waals surface area contributed by atoms with Crippen LogP contribution in [0, 0.1) is 11.3 Å². The molecule has 0 bridgehead atoms. The van der Waals surface area contributed by atoms with E-state index in [-0.39, 0.29) is 11.7 Å². The van der Waals surface area contributed by atoms with Crippen molar-refractivity contribution in [2.24, 2.45) is 0 Å². The number of nitrogens with one attached hydrogen (secondary N) is 1. The molecule has 0 spiro atoms. The highest BCUT2D eigenvalue weighted by Gasteiger charge is 2.17. The van der Waals surface area contributed by atoms with Crippen LogP contribution in [0.15, 0.2) is 26.8 Å². The van der Waals surface area contributed by atoms with Gasteiger partial charge in [-0.15, -0.1) is 0 Å². The van der Waals surface area contributed by atoms with Gasteiger partial charge in [0.2, 0.25) is 0 Å². The second-order valence-electron chi connectivity index (χ2n) is 4.16. The zero-order chi connectivity index (χ0) is 13.7. The van der Waals surface area contributed by atoms with Gasteiger partial charge in [-0.25, -0.2) is 0 Å². The SMILES string of the molecule is N#C/C(=C\c1ccc(Br)o1)C(=O)NC[C@@H]1CCCO1. The van der Waals surface area contributed by atoms with E-state index in [9.17, 15) is 4.79 Å². The lowest BCUT2D eigenvalue weighted by atomic mass is 10.2. The standard InChI is InChI=1S/C13H13BrN2O3/c14-12-4-3-10(19-12)6-9(7-15)13(17)16-8-11-2-1-5-18-11/h3-4,6,11H,1-2,5,8H2,(H,16,17)/b9-6+/t11-/m0/s1. The van der Waals surface area contributed by atoms with E-state index >= 15 is 0 Å². The number of rotatable bonds is 4. The van der Waals surface area contributed by atoms with Gasteiger partial charge in [-0.2, -0.15) is 5.26 Å². The average Bonchev–Trinajstić information content (AvgIpc) is 3.04.